The van der Waals surface area contributed by atoms with Crippen LogP contribution in [-0.2, 0) is 23.8 Å². The third kappa shape index (κ3) is 3.18. The van der Waals surface area contributed by atoms with Gasteiger partial charge in [0.2, 0.25) is 0 Å². The van der Waals surface area contributed by atoms with Crippen LogP contribution in [0.15, 0.2) is 0 Å². The predicted molar refractivity (Wildman–Crippen MR) is 88.1 cm³/mol. The molecule has 8 unspecified atom stereocenters. The highest BCUT2D eigenvalue weighted by molar-refractivity contribution is 5.96. The Morgan fingerprint density at radius 3 is 2.30 bits per heavy atom. The second-order valence-corrected chi connectivity index (χ2v) is 8.35. The lowest BCUT2D eigenvalue weighted by Gasteiger charge is -2.45. The van der Waals surface area contributed by atoms with Crippen molar-refractivity contribution in [1.82, 2.24) is 0 Å². The van der Waals surface area contributed by atoms with Gasteiger partial charge in [-0.2, -0.15) is 13.2 Å². The summed E-state index contributed by atoms with van der Waals surface area (Å²) in [5.74, 6) is -3.34. The Labute approximate surface area is 156 Å². The quantitative estimate of drug-likeness (QED) is 0.299. The zero-order valence-corrected chi connectivity index (χ0v) is 16.0. The Morgan fingerprint density at radius 1 is 1.15 bits per heavy atom. The molecule has 0 amide bonds. The number of halogens is 3. The largest absolute Gasteiger partial charge is 0.417 e. The maximum Gasteiger partial charge on any atom is 0.417 e. The number of hydrogen-bond donors (Lipinski definition) is 0. The fourth-order valence-electron chi connectivity index (χ4n) is 5.72. The zero-order valence-electron chi connectivity index (χ0n) is 16.0. The summed E-state index contributed by atoms with van der Waals surface area (Å²) in [6.45, 7) is 6.23. The number of carbonyl (C=O) groups is 2. The number of ether oxygens (including phenoxy) is 3. The number of cyclic esters (lactones) is 2. The zero-order chi connectivity index (χ0) is 20.1. The molecule has 3 rings (SSSR count). The van der Waals surface area contributed by atoms with Crippen molar-refractivity contribution in [3.8, 4) is 0 Å². The molecule has 0 aromatic heterocycles. The first-order valence-corrected chi connectivity index (χ1v) is 9.56. The van der Waals surface area contributed by atoms with E-state index in [-0.39, 0.29) is 30.3 Å². The Bertz CT molecular complexity index is 605. The number of hydrogen-bond acceptors (Lipinski definition) is 5. The van der Waals surface area contributed by atoms with Gasteiger partial charge in [0.15, 0.2) is 5.60 Å². The summed E-state index contributed by atoms with van der Waals surface area (Å²) in [4.78, 5) is 23.9. The second kappa shape index (κ2) is 7.03. The van der Waals surface area contributed by atoms with Crippen molar-refractivity contribution in [2.24, 2.45) is 41.4 Å². The average Bonchev–Trinajstić information content (AvgIpc) is 3.20. The molecule has 2 aliphatic carbocycles. The summed E-state index contributed by atoms with van der Waals surface area (Å²) < 4.78 is 56.8. The molecule has 2 saturated carbocycles. The van der Waals surface area contributed by atoms with E-state index in [1.807, 2.05) is 6.92 Å². The van der Waals surface area contributed by atoms with Crippen molar-refractivity contribution < 1.29 is 37.0 Å². The Hall–Kier alpha value is -1.15. The Balaban J connectivity index is 1.81. The Morgan fingerprint density at radius 2 is 1.81 bits per heavy atom. The van der Waals surface area contributed by atoms with Gasteiger partial charge in [-0.15, -0.1) is 0 Å². The fourth-order valence-corrected chi connectivity index (χ4v) is 5.72. The van der Waals surface area contributed by atoms with E-state index >= 15 is 0 Å². The molecule has 27 heavy (non-hydrogen) atoms. The van der Waals surface area contributed by atoms with Gasteiger partial charge < -0.3 is 14.2 Å². The minimum Gasteiger partial charge on any atom is -0.393 e. The van der Waals surface area contributed by atoms with Crippen molar-refractivity contribution >= 4 is 11.9 Å². The second-order valence-electron chi connectivity index (χ2n) is 8.35. The molecule has 8 atom stereocenters. The van der Waals surface area contributed by atoms with E-state index in [9.17, 15) is 22.8 Å². The lowest BCUT2D eigenvalue weighted by molar-refractivity contribution is -0.316. The number of esters is 2. The summed E-state index contributed by atoms with van der Waals surface area (Å²) in [7, 11) is 0. The molecule has 0 N–H and O–H groups in total. The highest BCUT2D eigenvalue weighted by Gasteiger charge is 2.67. The maximum absolute atomic E-state index is 13.9. The van der Waals surface area contributed by atoms with Gasteiger partial charge in [-0.1, -0.05) is 13.8 Å². The molecule has 3 aliphatic rings. The molecule has 8 heteroatoms. The van der Waals surface area contributed by atoms with Crippen LogP contribution in [0.3, 0.4) is 0 Å². The molecule has 5 nitrogen and oxygen atoms in total. The van der Waals surface area contributed by atoms with E-state index < -0.39 is 48.3 Å². The maximum atomic E-state index is 13.9. The van der Waals surface area contributed by atoms with Crippen molar-refractivity contribution in [2.45, 2.75) is 52.3 Å². The molecular formula is C19H27F3O5. The van der Waals surface area contributed by atoms with Crippen LogP contribution in [0.5, 0.6) is 0 Å². The standard InChI is InChI=1S/C19H27F3O5/c1-5-25-8-26-18(4,19(20,21)22)13-7-11-6-12(13)9(2)14(11)15-10(3)16(23)27-17(15)24/h9-15H,5-8H2,1-4H3. The monoisotopic (exact) mass is 392 g/mol. The van der Waals surface area contributed by atoms with Crippen LogP contribution in [0.4, 0.5) is 13.2 Å². The molecule has 154 valence electrons. The highest BCUT2D eigenvalue weighted by Crippen LogP contribution is 2.63. The van der Waals surface area contributed by atoms with E-state index in [4.69, 9.17) is 14.2 Å². The van der Waals surface area contributed by atoms with Crippen LogP contribution in [0.25, 0.3) is 0 Å². The van der Waals surface area contributed by atoms with Crippen LogP contribution < -0.4 is 0 Å². The van der Waals surface area contributed by atoms with Gasteiger partial charge in [-0.05, 0) is 50.4 Å². The van der Waals surface area contributed by atoms with Gasteiger partial charge in [-0.25, -0.2) is 0 Å². The molecule has 1 aliphatic heterocycles. The molecule has 0 aromatic carbocycles. The summed E-state index contributed by atoms with van der Waals surface area (Å²) in [5, 5.41) is 0. The van der Waals surface area contributed by atoms with Crippen molar-refractivity contribution in [3.05, 3.63) is 0 Å². The molecule has 1 saturated heterocycles. The van der Waals surface area contributed by atoms with E-state index in [1.54, 1.807) is 13.8 Å². The first-order valence-electron chi connectivity index (χ1n) is 9.56. The number of carbonyl (C=O) groups excluding carboxylic acids is 2. The molecular weight excluding hydrogens is 365 g/mol. The van der Waals surface area contributed by atoms with Crippen LogP contribution in [0.2, 0.25) is 0 Å². The third-order valence-electron chi connectivity index (χ3n) is 7.19. The predicted octanol–water partition coefficient (Wildman–Crippen LogP) is 3.56. The molecule has 0 radical (unpaired) electrons. The van der Waals surface area contributed by atoms with Crippen LogP contribution in [0.1, 0.15) is 40.5 Å². The van der Waals surface area contributed by atoms with Crippen molar-refractivity contribution in [2.75, 3.05) is 13.4 Å². The smallest absolute Gasteiger partial charge is 0.393 e. The van der Waals surface area contributed by atoms with Gasteiger partial charge in [-0.3, -0.25) is 9.59 Å². The summed E-state index contributed by atoms with van der Waals surface area (Å²) in [6, 6.07) is 0. The molecule has 3 fully saturated rings. The fraction of sp³-hybridized carbons (Fsp3) is 0.895. The molecule has 0 aromatic rings. The van der Waals surface area contributed by atoms with Gasteiger partial charge in [0.1, 0.15) is 6.79 Å². The van der Waals surface area contributed by atoms with E-state index in [1.165, 1.54) is 0 Å². The topological polar surface area (TPSA) is 61.8 Å². The number of fused-ring (bicyclic) bond motifs is 2. The molecule has 2 bridgehead atoms. The number of rotatable bonds is 6. The summed E-state index contributed by atoms with van der Waals surface area (Å²) in [6.07, 6.45) is -3.58. The van der Waals surface area contributed by atoms with Gasteiger partial charge in [0, 0.05) is 12.5 Å². The summed E-state index contributed by atoms with van der Waals surface area (Å²) in [5.41, 5.74) is -2.29. The van der Waals surface area contributed by atoms with Crippen molar-refractivity contribution in [3.63, 3.8) is 0 Å². The highest BCUT2D eigenvalue weighted by atomic mass is 19.4. The third-order valence-corrected chi connectivity index (χ3v) is 7.19. The van der Waals surface area contributed by atoms with Gasteiger partial charge in [0.05, 0.1) is 11.8 Å². The van der Waals surface area contributed by atoms with Crippen LogP contribution >= 0.6 is 0 Å². The van der Waals surface area contributed by atoms with E-state index in [2.05, 4.69) is 0 Å². The first kappa shape index (κ1) is 20.6. The minimum atomic E-state index is -4.52. The van der Waals surface area contributed by atoms with Crippen molar-refractivity contribution in [1.29, 1.82) is 0 Å². The summed E-state index contributed by atoms with van der Waals surface area (Å²) >= 11 is 0. The van der Waals surface area contributed by atoms with Gasteiger partial charge in [0.25, 0.3) is 0 Å². The lowest BCUT2D eigenvalue weighted by Crippen LogP contribution is -2.55. The minimum absolute atomic E-state index is 0.0433. The SMILES string of the molecule is CCOCOC(C)(C1CC2CC1C(C)C2C1C(=O)OC(=O)C1C)C(F)(F)F. The van der Waals surface area contributed by atoms with Gasteiger partial charge >= 0.3 is 18.1 Å². The van der Waals surface area contributed by atoms with Crippen LogP contribution in [0, 0.1) is 41.4 Å². The normalized spacial score (nSPS) is 41.1. The van der Waals surface area contributed by atoms with E-state index in [0.717, 1.165) is 6.92 Å². The van der Waals surface area contributed by atoms with E-state index in [0.29, 0.717) is 12.8 Å². The lowest BCUT2D eigenvalue weighted by atomic mass is 9.64. The molecule has 0 spiro atoms. The number of alkyl halides is 3. The Kier molecular flexibility index (Phi) is 5.36. The first-order chi connectivity index (χ1) is 12.5. The average molecular weight is 392 g/mol. The van der Waals surface area contributed by atoms with Crippen LogP contribution in [-0.4, -0.2) is 37.1 Å². The molecule has 1 heterocycles.